The van der Waals surface area contributed by atoms with E-state index in [0.717, 1.165) is 17.9 Å². The number of hydrogen-bond donors (Lipinski definition) is 3. The molecule has 1 aromatic rings. The van der Waals surface area contributed by atoms with Gasteiger partial charge in [-0.05, 0) is 22.5 Å². The van der Waals surface area contributed by atoms with Gasteiger partial charge in [0, 0.05) is 0 Å². The van der Waals surface area contributed by atoms with Crippen molar-refractivity contribution in [2.24, 2.45) is 0 Å². The highest BCUT2D eigenvalue weighted by molar-refractivity contribution is 8.05. The normalized spacial score (nSPS) is 25.4. The molecule has 0 aliphatic carbocycles. The van der Waals surface area contributed by atoms with Crippen LogP contribution >= 0.6 is 28.6 Å². The number of aliphatic hydroxyl groups is 2. The number of carbonyl (C=O) groups excluding carboxylic acids is 1. The molecule has 27 heavy (non-hydrogen) atoms. The van der Waals surface area contributed by atoms with Crippen molar-refractivity contribution in [1.82, 2.24) is 9.55 Å². The standard InChI is InChI=1S/C12H15Cl2N2O10P/c1-23-7(17)4-24-5-2-16(12(21)15-10(5)20)11-9(19)8(18)6(26-11)3-25-27(13,14)22/h2,6,8-9,11,18-19H,3-4H2,1H3,(H,15,20,21). The van der Waals surface area contributed by atoms with E-state index in [0.29, 0.717) is 0 Å². The Kier molecular flexibility index (Phi) is 7.09. The molecule has 0 saturated carbocycles. The predicted molar refractivity (Wildman–Crippen MR) is 90.0 cm³/mol. The van der Waals surface area contributed by atoms with E-state index in [1.807, 2.05) is 4.98 Å². The Balaban J connectivity index is 2.23. The van der Waals surface area contributed by atoms with E-state index in [2.05, 4.69) is 9.26 Å². The third kappa shape index (κ3) is 5.55. The number of methoxy groups -OCH3 is 1. The van der Waals surface area contributed by atoms with Gasteiger partial charge >= 0.3 is 17.7 Å². The van der Waals surface area contributed by atoms with Gasteiger partial charge in [0.1, 0.15) is 18.3 Å². The number of nitrogens with one attached hydrogen (secondary N) is 1. The first-order chi connectivity index (χ1) is 12.5. The van der Waals surface area contributed by atoms with E-state index in [9.17, 15) is 29.2 Å². The lowest BCUT2D eigenvalue weighted by Gasteiger charge is -2.18. The number of carbonyl (C=O) groups is 1. The first-order valence-corrected chi connectivity index (χ1v) is 10.7. The fourth-order valence-electron chi connectivity index (χ4n) is 2.21. The molecule has 2 heterocycles. The molecule has 1 aliphatic heterocycles. The highest BCUT2D eigenvalue weighted by Crippen LogP contribution is 2.57. The Hall–Kier alpha value is -1.40. The number of esters is 1. The van der Waals surface area contributed by atoms with Gasteiger partial charge in [0.05, 0.1) is 19.9 Å². The second-order valence-electron chi connectivity index (χ2n) is 5.28. The van der Waals surface area contributed by atoms with Crippen molar-refractivity contribution in [2.75, 3.05) is 20.3 Å². The number of H-pyrrole nitrogens is 1. The van der Waals surface area contributed by atoms with Crippen molar-refractivity contribution in [2.45, 2.75) is 24.5 Å². The lowest BCUT2D eigenvalue weighted by molar-refractivity contribution is -0.142. The average molecular weight is 449 g/mol. The number of ether oxygens (including phenoxy) is 3. The second kappa shape index (κ2) is 8.74. The summed E-state index contributed by atoms with van der Waals surface area (Å²) in [7, 11) is 1.11. The van der Waals surface area contributed by atoms with Gasteiger partial charge < -0.3 is 28.9 Å². The highest BCUT2D eigenvalue weighted by atomic mass is 35.9. The minimum atomic E-state index is -3.91. The Morgan fingerprint density at radius 3 is 2.63 bits per heavy atom. The molecule has 1 saturated heterocycles. The SMILES string of the molecule is COC(=O)COc1cn(C2OC(COP(=O)(Cl)Cl)C(O)C2O)c(=O)[nH]c1=O. The smallest absolute Gasteiger partial charge is 0.380 e. The lowest BCUT2D eigenvalue weighted by Crippen LogP contribution is -2.38. The Morgan fingerprint density at radius 1 is 1.37 bits per heavy atom. The Labute approximate surface area is 160 Å². The van der Waals surface area contributed by atoms with Crippen LogP contribution in [0.5, 0.6) is 5.75 Å². The molecular formula is C12H15Cl2N2O10P. The van der Waals surface area contributed by atoms with Gasteiger partial charge in [-0.25, -0.2) is 9.59 Å². The van der Waals surface area contributed by atoms with Crippen LogP contribution in [0.4, 0.5) is 0 Å². The third-order valence-electron chi connectivity index (χ3n) is 3.51. The average Bonchev–Trinajstić information content (AvgIpc) is 2.86. The van der Waals surface area contributed by atoms with Crippen LogP contribution in [0.25, 0.3) is 0 Å². The number of nitrogens with zero attached hydrogens (tertiary/aromatic N) is 1. The zero-order valence-electron chi connectivity index (χ0n) is 13.6. The van der Waals surface area contributed by atoms with Crippen LogP contribution in [0.1, 0.15) is 6.23 Å². The summed E-state index contributed by atoms with van der Waals surface area (Å²) in [5.74, 6) is -1.21. The maximum absolute atomic E-state index is 12.0. The monoisotopic (exact) mass is 448 g/mol. The molecule has 0 radical (unpaired) electrons. The number of hydrogen-bond acceptors (Lipinski definition) is 10. The van der Waals surface area contributed by atoms with E-state index in [1.165, 1.54) is 0 Å². The molecular weight excluding hydrogens is 434 g/mol. The van der Waals surface area contributed by atoms with Crippen LogP contribution in [0, 0.1) is 0 Å². The molecule has 12 nitrogen and oxygen atoms in total. The number of aromatic nitrogens is 2. The molecule has 4 unspecified atom stereocenters. The summed E-state index contributed by atoms with van der Waals surface area (Å²) in [5, 5.41) is 20.1. The zero-order valence-corrected chi connectivity index (χ0v) is 16.0. The quantitative estimate of drug-likeness (QED) is 0.358. The van der Waals surface area contributed by atoms with Crippen LogP contribution in [0.2, 0.25) is 0 Å². The van der Waals surface area contributed by atoms with Crippen LogP contribution in [0.15, 0.2) is 15.8 Å². The van der Waals surface area contributed by atoms with Gasteiger partial charge in [-0.3, -0.25) is 18.9 Å². The van der Waals surface area contributed by atoms with Crippen molar-refractivity contribution in [3.63, 3.8) is 0 Å². The molecule has 4 atom stereocenters. The van der Waals surface area contributed by atoms with E-state index in [4.69, 9.17) is 32.0 Å². The second-order valence-corrected chi connectivity index (χ2v) is 9.56. The molecule has 152 valence electrons. The van der Waals surface area contributed by atoms with Crippen LogP contribution in [-0.2, 0) is 23.4 Å². The summed E-state index contributed by atoms with van der Waals surface area (Å²) in [6.45, 7) is -1.14. The minimum Gasteiger partial charge on any atom is -0.475 e. The first kappa shape index (κ1) is 21.9. The summed E-state index contributed by atoms with van der Waals surface area (Å²) >= 11 is 10.5. The molecule has 0 aromatic carbocycles. The van der Waals surface area contributed by atoms with Crippen molar-refractivity contribution in [3.8, 4) is 5.75 Å². The number of aromatic amines is 1. The molecule has 2 rings (SSSR count). The summed E-state index contributed by atoms with van der Waals surface area (Å²) in [5.41, 5.74) is -1.91. The van der Waals surface area contributed by atoms with Gasteiger partial charge in [-0.1, -0.05) is 0 Å². The molecule has 1 aliphatic rings. The molecule has 0 bridgehead atoms. The van der Waals surface area contributed by atoms with Crippen molar-refractivity contribution < 1.29 is 38.3 Å². The van der Waals surface area contributed by atoms with Crippen molar-refractivity contribution >= 4 is 34.5 Å². The maximum Gasteiger partial charge on any atom is 0.380 e. The lowest BCUT2D eigenvalue weighted by atomic mass is 10.1. The van der Waals surface area contributed by atoms with Crippen LogP contribution in [0.3, 0.4) is 0 Å². The van der Waals surface area contributed by atoms with E-state index in [-0.39, 0.29) is 0 Å². The van der Waals surface area contributed by atoms with Crippen molar-refractivity contribution in [3.05, 3.63) is 27.0 Å². The maximum atomic E-state index is 12.0. The number of halogens is 2. The summed E-state index contributed by atoms with van der Waals surface area (Å²) in [6, 6.07) is 0. The summed E-state index contributed by atoms with van der Waals surface area (Å²) in [6.07, 6.45) is -8.87. The van der Waals surface area contributed by atoms with Gasteiger partial charge in [-0.15, -0.1) is 0 Å². The third-order valence-corrected chi connectivity index (χ3v) is 4.54. The number of aliphatic hydroxyl groups excluding tert-OH is 2. The highest BCUT2D eigenvalue weighted by Gasteiger charge is 2.45. The molecule has 1 fully saturated rings. The molecule has 15 heteroatoms. The molecule has 1 aromatic heterocycles. The fourth-order valence-corrected chi connectivity index (χ4v) is 2.87. The first-order valence-electron chi connectivity index (χ1n) is 7.24. The van der Waals surface area contributed by atoms with Gasteiger partial charge in [-0.2, -0.15) is 0 Å². The predicted octanol–water partition coefficient (Wildman–Crippen LogP) is -0.690. The summed E-state index contributed by atoms with van der Waals surface area (Å²) < 4.78 is 31.2. The molecule has 3 N–H and O–H groups in total. The Morgan fingerprint density at radius 2 is 2.04 bits per heavy atom. The molecule has 0 spiro atoms. The van der Waals surface area contributed by atoms with Crippen LogP contribution in [-0.4, -0.2) is 64.4 Å². The van der Waals surface area contributed by atoms with Gasteiger partial charge in [0.15, 0.2) is 12.8 Å². The van der Waals surface area contributed by atoms with E-state index in [1.54, 1.807) is 0 Å². The topological polar surface area (TPSA) is 166 Å². The van der Waals surface area contributed by atoms with E-state index < -0.39 is 66.8 Å². The Bertz CT molecular complexity index is 851. The van der Waals surface area contributed by atoms with Gasteiger partial charge in [0.25, 0.3) is 5.56 Å². The van der Waals surface area contributed by atoms with Gasteiger partial charge in [0.2, 0.25) is 5.75 Å². The fraction of sp³-hybridized carbons (Fsp3) is 0.583. The van der Waals surface area contributed by atoms with Crippen molar-refractivity contribution in [1.29, 1.82) is 0 Å². The summed E-state index contributed by atoms with van der Waals surface area (Å²) in [4.78, 5) is 36.8. The zero-order chi connectivity index (χ0) is 20.4. The number of rotatable bonds is 7. The molecule has 0 amide bonds. The van der Waals surface area contributed by atoms with E-state index >= 15 is 0 Å². The minimum absolute atomic E-state index is 0.434. The largest absolute Gasteiger partial charge is 0.475 e. The van der Waals surface area contributed by atoms with Crippen LogP contribution < -0.4 is 16.0 Å².